The van der Waals surface area contributed by atoms with Gasteiger partial charge in [0.2, 0.25) is 5.95 Å². The topological polar surface area (TPSA) is 78.8 Å². The highest BCUT2D eigenvalue weighted by Gasteiger charge is 2.07. The second kappa shape index (κ2) is 3.99. The van der Waals surface area contributed by atoms with Crippen LogP contribution in [0.5, 0.6) is 5.75 Å². The standard InChI is InChI=1S/C12H11N5O/c1-18-8-2-3-10-9(6-8)15-7-17(10)11-4-5-14-12(13)16-11/h2-7H,1H3,(H2,13,14,16). The maximum atomic E-state index is 5.58. The van der Waals surface area contributed by atoms with E-state index < -0.39 is 0 Å². The van der Waals surface area contributed by atoms with Gasteiger partial charge in [0, 0.05) is 12.3 Å². The Labute approximate surface area is 103 Å². The van der Waals surface area contributed by atoms with Crippen molar-refractivity contribution >= 4 is 17.0 Å². The van der Waals surface area contributed by atoms with Gasteiger partial charge in [-0.05, 0) is 18.2 Å². The normalized spacial score (nSPS) is 10.7. The smallest absolute Gasteiger partial charge is 0.221 e. The van der Waals surface area contributed by atoms with Crippen LogP contribution in [-0.2, 0) is 0 Å². The van der Waals surface area contributed by atoms with Gasteiger partial charge in [-0.1, -0.05) is 0 Å². The number of hydrogen-bond acceptors (Lipinski definition) is 5. The number of nitrogens with two attached hydrogens (primary N) is 1. The number of methoxy groups -OCH3 is 1. The van der Waals surface area contributed by atoms with E-state index in [9.17, 15) is 0 Å². The van der Waals surface area contributed by atoms with Crippen LogP contribution in [0, 0.1) is 0 Å². The van der Waals surface area contributed by atoms with Crippen molar-refractivity contribution in [2.24, 2.45) is 0 Å². The molecule has 2 N–H and O–H groups in total. The van der Waals surface area contributed by atoms with Crippen LogP contribution in [-0.4, -0.2) is 26.6 Å². The molecule has 3 aromatic rings. The average Bonchev–Trinajstić information content (AvgIpc) is 2.81. The molecule has 6 nitrogen and oxygen atoms in total. The summed E-state index contributed by atoms with van der Waals surface area (Å²) in [5.41, 5.74) is 7.36. The average molecular weight is 241 g/mol. The summed E-state index contributed by atoms with van der Waals surface area (Å²) >= 11 is 0. The highest BCUT2D eigenvalue weighted by atomic mass is 16.5. The van der Waals surface area contributed by atoms with E-state index in [1.165, 1.54) is 0 Å². The summed E-state index contributed by atoms with van der Waals surface area (Å²) in [7, 11) is 1.63. The Hall–Kier alpha value is -2.63. The van der Waals surface area contributed by atoms with Gasteiger partial charge >= 0.3 is 0 Å². The van der Waals surface area contributed by atoms with Crippen molar-refractivity contribution in [1.82, 2.24) is 19.5 Å². The van der Waals surface area contributed by atoms with Gasteiger partial charge in [0.15, 0.2) is 0 Å². The number of rotatable bonds is 2. The predicted octanol–water partition coefficient (Wildman–Crippen LogP) is 1.41. The lowest BCUT2D eigenvalue weighted by atomic mass is 10.3. The van der Waals surface area contributed by atoms with Crippen LogP contribution >= 0.6 is 0 Å². The zero-order valence-corrected chi connectivity index (χ0v) is 9.74. The first-order valence-corrected chi connectivity index (χ1v) is 5.38. The molecule has 2 heterocycles. The quantitative estimate of drug-likeness (QED) is 0.733. The number of imidazole rings is 1. The number of hydrogen-bond donors (Lipinski definition) is 1. The van der Waals surface area contributed by atoms with Crippen LogP contribution in [0.4, 0.5) is 5.95 Å². The monoisotopic (exact) mass is 241 g/mol. The van der Waals surface area contributed by atoms with E-state index in [-0.39, 0.29) is 5.95 Å². The summed E-state index contributed by atoms with van der Waals surface area (Å²) < 4.78 is 7.02. The summed E-state index contributed by atoms with van der Waals surface area (Å²) in [6.07, 6.45) is 3.32. The minimum Gasteiger partial charge on any atom is -0.497 e. The Kier molecular flexibility index (Phi) is 2.33. The number of aromatic nitrogens is 4. The van der Waals surface area contributed by atoms with Crippen molar-refractivity contribution in [2.45, 2.75) is 0 Å². The molecule has 0 amide bonds. The molecule has 90 valence electrons. The van der Waals surface area contributed by atoms with Gasteiger partial charge in [0.1, 0.15) is 17.9 Å². The van der Waals surface area contributed by atoms with Crippen molar-refractivity contribution in [1.29, 1.82) is 0 Å². The van der Waals surface area contributed by atoms with E-state index >= 15 is 0 Å². The molecule has 0 atom stereocenters. The van der Waals surface area contributed by atoms with Gasteiger partial charge in [0.05, 0.1) is 18.1 Å². The second-order valence-corrected chi connectivity index (χ2v) is 3.74. The molecule has 0 aliphatic heterocycles. The van der Waals surface area contributed by atoms with Crippen molar-refractivity contribution in [3.8, 4) is 11.6 Å². The van der Waals surface area contributed by atoms with Crippen LogP contribution in [0.2, 0.25) is 0 Å². The molecule has 3 rings (SSSR count). The molecule has 0 fully saturated rings. The summed E-state index contributed by atoms with van der Waals surface area (Å²) in [4.78, 5) is 12.4. The van der Waals surface area contributed by atoms with Crippen molar-refractivity contribution in [2.75, 3.05) is 12.8 Å². The van der Waals surface area contributed by atoms with E-state index in [0.29, 0.717) is 5.82 Å². The molecular weight excluding hydrogens is 230 g/mol. The molecule has 0 spiro atoms. The second-order valence-electron chi connectivity index (χ2n) is 3.74. The Morgan fingerprint density at radius 3 is 2.89 bits per heavy atom. The van der Waals surface area contributed by atoms with E-state index in [0.717, 1.165) is 16.8 Å². The van der Waals surface area contributed by atoms with Crippen LogP contribution in [0.3, 0.4) is 0 Å². The molecule has 0 radical (unpaired) electrons. The molecular formula is C12H11N5O. The van der Waals surface area contributed by atoms with Crippen molar-refractivity contribution < 1.29 is 4.74 Å². The van der Waals surface area contributed by atoms with Crippen LogP contribution in [0.1, 0.15) is 0 Å². The number of fused-ring (bicyclic) bond motifs is 1. The number of benzene rings is 1. The molecule has 0 aliphatic carbocycles. The van der Waals surface area contributed by atoms with Gasteiger partial charge in [-0.15, -0.1) is 0 Å². The van der Waals surface area contributed by atoms with Gasteiger partial charge < -0.3 is 10.5 Å². The third kappa shape index (κ3) is 1.64. The highest BCUT2D eigenvalue weighted by molar-refractivity contribution is 5.78. The first kappa shape index (κ1) is 10.5. The third-order valence-electron chi connectivity index (χ3n) is 2.66. The molecule has 1 aromatic carbocycles. The van der Waals surface area contributed by atoms with Crippen molar-refractivity contribution in [3.05, 3.63) is 36.8 Å². The van der Waals surface area contributed by atoms with Crippen LogP contribution in [0.25, 0.3) is 16.9 Å². The predicted molar refractivity (Wildman–Crippen MR) is 67.6 cm³/mol. The molecule has 0 unspecified atom stereocenters. The minimum absolute atomic E-state index is 0.239. The fourth-order valence-corrected chi connectivity index (χ4v) is 1.80. The fraction of sp³-hybridized carbons (Fsp3) is 0.0833. The maximum absolute atomic E-state index is 5.58. The van der Waals surface area contributed by atoms with Gasteiger partial charge in [-0.25, -0.2) is 9.97 Å². The number of anilines is 1. The maximum Gasteiger partial charge on any atom is 0.221 e. The largest absolute Gasteiger partial charge is 0.497 e. The SMILES string of the molecule is COc1ccc2c(c1)ncn2-c1ccnc(N)n1. The molecule has 0 saturated carbocycles. The van der Waals surface area contributed by atoms with Gasteiger partial charge in [-0.2, -0.15) is 4.98 Å². The Balaban J connectivity index is 2.18. The fourth-order valence-electron chi connectivity index (χ4n) is 1.80. The Bertz CT molecular complexity index is 707. The highest BCUT2D eigenvalue weighted by Crippen LogP contribution is 2.21. The van der Waals surface area contributed by atoms with E-state index in [2.05, 4.69) is 15.0 Å². The number of nitrogens with zero attached hydrogens (tertiary/aromatic N) is 4. The van der Waals surface area contributed by atoms with Crippen molar-refractivity contribution in [3.63, 3.8) is 0 Å². The first-order chi connectivity index (χ1) is 8.78. The lowest BCUT2D eigenvalue weighted by Gasteiger charge is -2.04. The minimum atomic E-state index is 0.239. The van der Waals surface area contributed by atoms with E-state index in [1.807, 2.05) is 22.8 Å². The molecule has 2 aromatic heterocycles. The third-order valence-corrected chi connectivity index (χ3v) is 2.66. The zero-order chi connectivity index (χ0) is 12.5. The van der Waals surface area contributed by atoms with Gasteiger partial charge in [-0.3, -0.25) is 4.57 Å². The van der Waals surface area contributed by atoms with Crippen LogP contribution < -0.4 is 10.5 Å². The first-order valence-electron chi connectivity index (χ1n) is 5.38. The molecule has 6 heteroatoms. The summed E-state index contributed by atoms with van der Waals surface area (Å²) in [6.45, 7) is 0. The Morgan fingerprint density at radius 1 is 1.22 bits per heavy atom. The molecule has 18 heavy (non-hydrogen) atoms. The zero-order valence-electron chi connectivity index (χ0n) is 9.74. The molecule has 0 aliphatic rings. The summed E-state index contributed by atoms with van der Waals surface area (Å²) in [5.74, 6) is 1.70. The van der Waals surface area contributed by atoms with Gasteiger partial charge in [0.25, 0.3) is 0 Å². The number of nitrogen functional groups attached to an aromatic ring is 1. The van der Waals surface area contributed by atoms with E-state index in [4.69, 9.17) is 10.5 Å². The molecule has 0 saturated heterocycles. The molecule has 0 bridgehead atoms. The lowest BCUT2D eigenvalue weighted by molar-refractivity contribution is 0.415. The lowest BCUT2D eigenvalue weighted by Crippen LogP contribution is -2.00. The Morgan fingerprint density at radius 2 is 2.11 bits per heavy atom. The summed E-state index contributed by atoms with van der Waals surface area (Å²) in [6, 6.07) is 7.46. The summed E-state index contributed by atoms with van der Waals surface area (Å²) in [5, 5.41) is 0. The van der Waals surface area contributed by atoms with Crippen LogP contribution in [0.15, 0.2) is 36.8 Å². The number of ether oxygens (including phenoxy) is 1. The van der Waals surface area contributed by atoms with E-state index in [1.54, 1.807) is 25.7 Å².